The van der Waals surface area contributed by atoms with Gasteiger partial charge in [0.1, 0.15) is 0 Å². The van der Waals surface area contributed by atoms with Gasteiger partial charge in [-0.2, -0.15) is 0 Å². The number of aryl methyl sites for hydroxylation is 1. The number of hydrogen-bond donors (Lipinski definition) is 2. The van der Waals surface area contributed by atoms with E-state index in [1.54, 1.807) is 0 Å². The van der Waals surface area contributed by atoms with Crippen molar-refractivity contribution >= 4 is 5.91 Å². The molecule has 1 saturated carbocycles. The lowest BCUT2D eigenvalue weighted by molar-refractivity contribution is -0.122. The lowest BCUT2D eigenvalue weighted by Crippen LogP contribution is -2.31. The molecule has 3 heteroatoms. The van der Waals surface area contributed by atoms with Crippen LogP contribution in [0.25, 0.3) is 0 Å². The third-order valence-corrected chi connectivity index (χ3v) is 3.42. The van der Waals surface area contributed by atoms with Gasteiger partial charge in [-0.25, -0.2) is 0 Å². The fourth-order valence-electron chi connectivity index (χ4n) is 2.10. The molecule has 1 aromatic rings. The summed E-state index contributed by atoms with van der Waals surface area (Å²) >= 11 is 0. The zero-order chi connectivity index (χ0) is 13.0. The molecule has 0 heterocycles. The second-order valence-corrected chi connectivity index (χ2v) is 5.18. The van der Waals surface area contributed by atoms with Gasteiger partial charge in [-0.15, -0.1) is 0 Å². The molecule has 18 heavy (non-hydrogen) atoms. The Morgan fingerprint density at radius 2 is 2.06 bits per heavy atom. The summed E-state index contributed by atoms with van der Waals surface area (Å²) in [5.74, 6) is 0.115. The molecule has 1 amide bonds. The molecular weight excluding hydrogens is 224 g/mol. The number of hydrogen-bond acceptors (Lipinski definition) is 2. The SMILES string of the molecule is Cc1ccc(C(CCCN)C(=O)NC2CC2)cc1. The highest BCUT2D eigenvalue weighted by atomic mass is 16.2. The maximum Gasteiger partial charge on any atom is 0.227 e. The molecule has 98 valence electrons. The third kappa shape index (κ3) is 3.57. The van der Waals surface area contributed by atoms with E-state index in [9.17, 15) is 4.79 Å². The van der Waals surface area contributed by atoms with Gasteiger partial charge in [-0.05, 0) is 44.7 Å². The van der Waals surface area contributed by atoms with Gasteiger partial charge < -0.3 is 11.1 Å². The van der Waals surface area contributed by atoms with Gasteiger partial charge in [0.2, 0.25) is 5.91 Å². The van der Waals surface area contributed by atoms with Crippen molar-refractivity contribution in [2.45, 2.75) is 44.6 Å². The zero-order valence-corrected chi connectivity index (χ0v) is 11.0. The first-order chi connectivity index (χ1) is 8.70. The highest BCUT2D eigenvalue weighted by molar-refractivity contribution is 5.84. The number of carbonyl (C=O) groups is 1. The van der Waals surface area contributed by atoms with E-state index in [1.807, 2.05) is 0 Å². The van der Waals surface area contributed by atoms with E-state index in [4.69, 9.17) is 5.73 Å². The van der Waals surface area contributed by atoms with Crippen LogP contribution >= 0.6 is 0 Å². The molecule has 1 aliphatic rings. The Morgan fingerprint density at radius 3 is 2.61 bits per heavy atom. The summed E-state index contributed by atoms with van der Waals surface area (Å²) in [4.78, 5) is 12.2. The van der Waals surface area contributed by atoms with E-state index in [0.29, 0.717) is 12.6 Å². The van der Waals surface area contributed by atoms with E-state index in [-0.39, 0.29) is 11.8 Å². The first-order valence-corrected chi connectivity index (χ1v) is 6.77. The van der Waals surface area contributed by atoms with Crippen molar-refractivity contribution in [3.63, 3.8) is 0 Å². The van der Waals surface area contributed by atoms with E-state index in [2.05, 4.69) is 36.5 Å². The molecule has 2 rings (SSSR count). The van der Waals surface area contributed by atoms with Crippen molar-refractivity contribution < 1.29 is 4.79 Å². The summed E-state index contributed by atoms with van der Waals surface area (Å²) in [6, 6.07) is 8.67. The Hall–Kier alpha value is -1.35. The predicted octanol–water partition coefficient (Wildman–Crippen LogP) is 2.10. The molecule has 3 N–H and O–H groups in total. The molecular formula is C15H22N2O. The van der Waals surface area contributed by atoms with Crippen LogP contribution in [0.2, 0.25) is 0 Å². The van der Waals surface area contributed by atoms with Crippen LogP contribution in [0.5, 0.6) is 0 Å². The number of nitrogens with two attached hydrogens (primary N) is 1. The molecule has 0 saturated heterocycles. The molecule has 0 radical (unpaired) electrons. The van der Waals surface area contributed by atoms with Gasteiger partial charge in [0.25, 0.3) is 0 Å². The number of rotatable bonds is 6. The maximum absolute atomic E-state index is 12.2. The smallest absolute Gasteiger partial charge is 0.227 e. The van der Waals surface area contributed by atoms with Crippen molar-refractivity contribution in [1.29, 1.82) is 0 Å². The second-order valence-electron chi connectivity index (χ2n) is 5.18. The Kier molecular flexibility index (Phi) is 4.37. The Morgan fingerprint density at radius 1 is 1.39 bits per heavy atom. The van der Waals surface area contributed by atoms with Crippen LogP contribution in [0.1, 0.15) is 42.7 Å². The highest BCUT2D eigenvalue weighted by Crippen LogP contribution is 2.25. The molecule has 0 aliphatic heterocycles. The zero-order valence-electron chi connectivity index (χ0n) is 11.0. The molecule has 0 bridgehead atoms. The minimum absolute atomic E-state index is 0.0465. The number of amides is 1. The predicted molar refractivity (Wildman–Crippen MR) is 73.4 cm³/mol. The van der Waals surface area contributed by atoms with Crippen LogP contribution in [0, 0.1) is 6.92 Å². The molecule has 1 unspecified atom stereocenters. The summed E-state index contributed by atoms with van der Waals surface area (Å²) in [6.45, 7) is 2.70. The Bertz CT molecular complexity index is 395. The van der Waals surface area contributed by atoms with Gasteiger partial charge in [-0.3, -0.25) is 4.79 Å². The number of carbonyl (C=O) groups excluding carboxylic acids is 1. The minimum atomic E-state index is -0.0465. The van der Waals surface area contributed by atoms with Crippen molar-refractivity contribution in [2.75, 3.05) is 6.54 Å². The second kappa shape index (κ2) is 6.01. The van der Waals surface area contributed by atoms with Gasteiger partial charge in [0.05, 0.1) is 5.92 Å². The van der Waals surface area contributed by atoms with Gasteiger partial charge in [0.15, 0.2) is 0 Å². The van der Waals surface area contributed by atoms with Crippen LogP contribution in [-0.4, -0.2) is 18.5 Å². The summed E-state index contributed by atoms with van der Waals surface area (Å²) < 4.78 is 0. The molecule has 1 atom stereocenters. The average Bonchev–Trinajstić information content (AvgIpc) is 3.16. The van der Waals surface area contributed by atoms with Crippen LogP contribution < -0.4 is 11.1 Å². The molecule has 0 aromatic heterocycles. The molecule has 0 spiro atoms. The number of benzene rings is 1. The van der Waals surface area contributed by atoms with Gasteiger partial charge in [0, 0.05) is 6.04 Å². The number of nitrogens with one attached hydrogen (secondary N) is 1. The molecule has 1 aromatic carbocycles. The summed E-state index contributed by atoms with van der Waals surface area (Å²) in [5.41, 5.74) is 7.89. The lowest BCUT2D eigenvalue weighted by atomic mass is 9.92. The van der Waals surface area contributed by atoms with Gasteiger partial charge >= 0.3 is 0 Å². The quantitative estimate of drug-likeness (QED) is 0.807. The lowest BCUT2D eigenvalue weighted by Gasteiger charge is -2.17. The molecule has 1 fully saturated rings. The largest absolute Gasteiger partial charge is 0.353 e. The first kappa shape index (κ1) is 13.1. The van der Waals surface area contributed by atoms with Crippen LogP contribution in [0.4, 0.5) is 0 Å². The van der Waals surface area contributed by atoms with Gasteiger partial charge in [-0.1, -0.05) is 29.8 Å². The Balaban J connectivity index is 2.07. The van der Waals surface area contributed by atoms with Crippen molar-refractivity contribution in [2.24, 2.45) is 5.73 Å². The van der Waals surface area contributed by atoms with E-state index in [0.717, 1.165) is 31.2 Å². The first-order valence-electron chi connectivity index (χ1n) is 6.77. The van der Waals surface area contributed by atoms with E-state index < -0.39 is 0 Å². The standard InChI is InChI=1S/C15H22N2O/c1-11-4-6-12(7-5-11)14(3-2-10-16)15(18)17-13-8-9-13/h4-7,13-14H,2-3,8-10,16H2,1H3,(H,17,18). The summed E-state index contributed by atoms with van der Waals surface area (Å²) in [6.07, 6.45) is 3.97. The van der Waals surface area contributed by atoms with Crippen LogP contribution in [0.3, 0.4) is 0 Å². The summed E-state index contributed by atoms with van der Waals surface area (Å²) in [5, 5.41) is 3.10. The normalized spacial score (nSPS) is 16.3. The molecule has 1 aliphatic carbocycles. The van der Waals surface area contributed by atoms with Crippen molar-refractivity contribution in [3.05, 3.63) is 35.4 Å². The van der Waals surface area contributed by atoms with Crippen molar-refractivity contribution in [1.82, 2.24) is 5.32 Å². The average molecular weight is 246 g/mol. The fourth-order valence-corrected chi connectivity index (χ4v) is 2.10. The Labute approximate surface area is 109 Å². The van der Waals surface area contributed by atoms with E-state index in [1.165, 1.54) is 5.56 Å². The summed E-state index contributed by atoms with van der Waals surface area (Å²) in [7, 11) is 0. The van der Waals surface area contributed by atoms with Crippen LogP contribution in [-0.2, 0) is 4.79 Å². The van der Waals surface area contributed by atoms with E-state index >= 15 is 0 Å². The minimum Gasteiger partial charge on any atom is -0.353 e. The van der Waals surface area contributed by atoms with Crippen molar-refractivity contribution in [3.8, 4) is 0 Å². The monoisotopic (exact) mass is 246 g/mol. The molecule has 3 nitrogen and oxygen atoms in total. The fraction of sp³-hybridized carbons (Fsp3) is 0.533. The highest BCUT2D eigenvalue weighted by Gasteiger charge is 2.27. The topological polar surface area (TPSA) is 55.1 Å². The maximum atomic E-state index is 12.2. The van der Waals surface area contributed by atoms with Crippen LogP contribution in [0.15, 0.2) is 24.3 Å². The third-order valence-electron chi connectivity index (χ3n) is 3.42.